The molecule has 0 aromatic heterocycles. The third-order valence-corrected chi connectivity index (χ3v) is 5.53. The van der Waals surface area contributed by atoms with Crippen LogP contribution in [0.2, 0.25) is 0 Å². The summed E-state index contributed by atoms with van der Waals surface area (Å²) < 4.78 is 13.6. The normalized spacial score (nSPS) is 34.3. The van der Waals surface area contributed by atoms with Crippen molar-refractivity contribution in [3.05, 3.63) is 35.1 Å². The Morgan fingerprint density at radius 2 is 2.00 bits per heavy atom. The van der Waals surface area contributed by atoms with Crippen LogP contribution < -0.4 is 0 Å². The Morgan fingerprint density at radius 1 is 1.33 bits per heavy atom. The van der Waals surface area contributed by atoms with Crippen molar-refractivity contribution >= 4 is 11.8 Å². The molecule has 2 bridgehead atoms. The molecule has 94 valence electrons. The molecule has 1 aromatic carbocycles. The minimum absolute atomic E-state index is 0.0375. The van der Waals surface area contributed by atoms with Gasteiger partial charge in [0.15, 0.2) is 0 Å². The molecule has 2 aliphatic rings. The van der Waals surface area contributed by atoms with Crippen LogP contribution in [0.15, 0.2) is 18.2 Å². The first-order valence-electron chi connectivity index (χ1n) is 6.19. The van der Waals surface area contributed by atoms with E-state index in [2.05, 4.69) is 0 Å². The lowest BCUT2D eigenvalue weighted by molar-refractivity contribution is 0.0193. The van der Waals surface area contributed by atoms with Gasteiger partial charge in [-0.25, -0.2) is 4.39 Å². The molecule has 2 fully saturated rings. The van der Waals surface area contributed by atoms with Gasteiger partial charge < -0.3 is 5.11 Å². The van der Waals surface area contributed by atoms with Gasteiger partial charge in [0.25, 0.3) is 0 Å². The monoisotopic (exact) mass is 263 g/mol. The number of nitrogens with zero attached hydrogens (tertiary/aromatic N) is 1. The van der Waals surface area contributed by atoms with Crippen LogP contribution in [0.25, 0.3) is 0 Å². The Balaban J connectivity index is 1.94. The highest BCUT2D eigenvalue weighted by atomic mass is 32.2. The number of thioether (sulfide) groups is 1. The Labute approximate surface area is 110 Å². The van der Waals surface area contributed by atoms with Crippen molar-refractivity contribution in [1.29, 1.82) is 5.26 Å². The first kappa shape index (κ1) is 12.0. The molecule has 18 heavy (non-hydrogen) atoms. The first-order chi connectivity index (χ1) is 8.60. The van der Waals surface area contributed by atoms with Crippen molar-refractivity contribution in [3.63, 3.8) is 0 Å². The van der Waals surface area contributed by atoms with Crippen molar-refractivity contribution in [2.24, 2.45) is 0 Å². The lowest BCUT2D eigenvalue weighted by Gasteiger charge is -2.36. The van der Waals surface area contributed by atoms with Crippen LogP contribution in [0.3, 0.4) is 0 Å². The Morgan fingerprint density at radius 3 is 2.56 bits per heavy atom. The molecule has 2 unspecified atom stereocenters. The number of aliphatic hydroxyl groups is 1. The zero-order valence-corrected chi connectivity index (χ0v) is 10.7. The molecule has 0 aliphatic carbocycles. The standard InChI is InChI=1S/C14H14FNOS/c15-13-5-10(2-1-9(13)8-16)14(17)6-11-3-4-12(7-14)18-11/h1-2,5,11-12,17H,3-4,6-7H2. The fourth-order valence-corrected chi connectivity index (χ4v) is 4.88. The molecule has 2 aliphatic heterocycles. The van der Waals surface area contributed by atoms with Gasteiger partial charge in [0.1, 0.15) is 11.9 Å². The van der Waals surface area contributed by atoms with Gasteiger partial charge in [0.2, 0.25) is 0 Å². The zero-order valence-electron chi connectivity index (χ0n) is 9.90. The predicted octanol–water partition coefficient (Wildman–Crippen LogP) is 2.94. The van der Waals surface area contributed by atoms with Crippen LogP contribution in [0.1, 0.15) is 36.8 Å². The maximum atomic E-state index is 13.6. The van der Waals surface area contributed by atoms with E-state index in [0.717, 1.165) is 12.8 Å². The van der Waals surface area contributed by atoms with Crippen molar-refractivity contribution in [2.45, 2.75) is 41.8 Å². The summed E-state index contributed by atoms with van der Waals surface area (Å²) in [6.45, 7) is 0. The third kappa shape index (κ3) is 1.92. The summed E-state index contributed by atoms with van der Waals surface area (Å²) in [5.74, 6) is -0.533. The lowest BCUT2D eigenvalue weighted by atomic mass is 9.85. The van der Waals surface area contributed by atoms with Crippen molar-refractivity contribution in [2.75, 3.05) is 0 Å². The molecule has 2 saturated heterocycles. The number of nitriles is 1. The second-order valence-corrected chi connectivity index (χ2v) is 6.81. The van der Waals surface area contributed by atoms with Crippen LogP contribution in [0.5, 0.6) is 0 Å². The van der Waals surface area contributed by atoms with E-state index in [1.165, 1.54) is 12.1 Å². The smallest absolute Gasteiger partial charge is 0.141 e. The van der Waals surface area contributed by atoms with E-state index >= 15 is 0 Å². The van der Waals surface area contributed by atoms with Gasteiger partial charge in [-0.05, 0) is 43.4 Å². The molecule has 0 radical (unpaired) electrons. The van der Waals surface area contributed by atoms with Gasteiger partial charge in [-0.1, -0.05) is 6.07 Å². The summed E-state index contributed by atoms with van der Waals surface area (Å²) >= 11 is 1.96. The molecule has 0 spiro atoms. The number of benzene rings is 1. The molecule has 4 heteroatoms. The molecule has 1 aromatic rings. The summed E-state index contributed by atoms with van der Waals surface area (Å²) in [6.07, 6.45) is 3.69. The second kappa shape index (κ2) is 4.25. The molecule has 2 heterocycles. The Hall–Kier alpha value is -1.05. The quantitative estimate of drug-likeness (QED) is 0.847. The molecule has 2 atom stereocenters. The van der Waals surface area contributed by atoms with E-state index in [4.69, 9.17) is 5.26 Å². The first-order valence-corrected chi connectivity index (χ1v) is 7.13. The maximum Gasteiger partial charge on any atom is 0.141 e. The molecular weight excluding hydrogens is 249 g/mol. The van der Waals surface area contributed by atoms with Crippen molar-refractivity contribution in [1.82, 2.24) is 0 Å². The van der Waals surface area contributed by atoms with Gasteiger partial charge >= 0.3 is 0 Å². The summed E-state index contributed by atoms with van der Waals surface area (Å²) in [7, 11) is 0. The highest BCUT2D eigenvalue weighted by Crippen LogP contribution is 2.51. The van der Waals surface area contributed by atoms with E-state index in [1.807, 2.05) is 17.8 Å². The summed E-state index contributed by atoms with van der Waals surface area (Å²) in [4.78, 5) is 0. The fourth-order valence-electron chi connectivity index (χ4n) is 3.05. The van der Waals surface area contributed by atoms with E-state index in [1.54, 1.807) is 6.07 Å². The highest BCUT2D eigenvalue weighted by molar-refractivity contribution is 8.00. The van der Waals surface area contributed by atoms with Crippen molar-refractivity contribution in [3.8, 4) is 6.07 Å². The van der Waals surface area contributed by atoms with Crippen LogP contribution >= 0.6 is 11.8 Å². The van der Waals surface area contributed by atoms with E-state index < -0.39 is 11.4 Å². The highest BCUT2D eigenvalue weighted by Gasteiger charge is 2.44. The largest absolute Gasteiger partial charge is 0.385 e. The zero-order chi connectivity index (χ0) is 12.8. The Bertz CT molecular complexity index is 513. The number of halogens is 1. The minimum atomic E-state index is -0.911. The van der Waals surface area contributed by atoms with E-state index in [0.29, 0.717) is 28.9 Å². The average Bonchev–Trinajstić information content (AvgIpc) is 2.69. The second-order valence-electron chi connectivity index (χ2n) is 5.20. The van der Waals surface area contributed by atoms with Gasteiger partial charge in [-0.15, -0.1) is 0 Å². The number of hydrogen-bond acceptors (Lipinski definition) is 3. The van der Waals surface area contributed by atoms with E-state index in [-0.39, 0.29) is 5.56 Å². The molecule has 3 rings (SSSR count). The average molecular weight is 263 g/mol. The van der Waals surface area contributed by atoms with Gasteiger partial charge in [0, 0.05) is 10.5 Å². The molecule has 0 saturated carbocycles. The summed E-state index contributed by atoms with van der Waals surface area (Å²) in [5.41, 5.74) is -0.252. The van der Waals surface area contributed by atoms with E-state index in [9.17, 15) is 9.50 Å². The third-order valence-electron chi connectivity index (χ3n) is 3.95. The maximum absolute atomic E-state index is 13.6. The Kier molecular flexibility index (Phi) is 2.84. The summed E-state index contributed by atoms with van der Waals surface area (Å²) in [6, 6.07) is 6.29. The lowest BCUT2D eigenvalue weighted by Crippen LogP contribution is -2.34. The topological polar surface area (TPSA) is 44.0 Å². The molecule has 0 amide bonds. The van der Waals surface area contributed by atoms with Crippen molar-refractivity contribution < 1.29 is 9.50 Å². The van der Waals surface area contributed by atoms with Crippen LogP contribution in [-0.2, 0) is 5.60 Å². The van der Waals surface area contributed by atoms with Gasteiger partial charge in [0.05, 0.1) is 11.2 Å². The molecular formula is C14H14FNOS. The van der Waals surface area contributed by atoms with Crippen LogP contribution in [0, 0.1) is 17.1 Å². The summed E-state index contributed by atoms with van der Waals surface area (Å²) in [5, 5.41) is 20.5. The molecule has 1 N–H and O–H groups in total. The van der Waals surface area contributed by atoms with Gasteiger partial charge in [-0.2, -0.15) is 17.0 Å². The predicted molar refractivity (Wildman–Crippen MR) is 68.6 cm³/mol. The number of rotatable bonds is 1. The number of hydrogen-bond donors (Lipinski definition) is 1. The van der Waals surface area contributed by atoms with Crippen LogP contribution in [-0.4, -0.2) is 15.6 Å². The minimum Gasteiger partial charge on any atom is -0.385 e. The van der Waals surface area contributed by atoms with Gasteiger partial charge in [-0.3, -0.25) is 0 Å². The fraction of sp³-hybridized carbons (Fsp3) is 0.500. The molecule has 2 nitrogen and oxygen atoms in total. The van der Waals surface area contributed by atoms with Crippen LogP contribution in [0.4, 0.5) is 4.39 Å². The number of fused-ring (bicyclic) bond motifs is 2. The SMILES string of the molecule is N#Cc1ccc(C2(O)CC3CCC(C2)S3)cc1F.